The maximum Gasteiger partial charge on any atom is 0.154 e. The zero-order valence-electron chi connectivity index (χ0n) is 20.2. The molecule has 4 heterocycles. The normalized spacial score (nSPS) is 22.8. The fraction of sp³-hybridized carbons (Fsp3) is 0.346. The highest BCUT2D eigenvalue weighted by atomic mass is 35.5. The van der Waals surface area contributed by atoms with E-state index in [4.69, 9.17) is 28.5 Å². The van der Waals surface area contributed by atoms with E-state index in [0.717, 1.165) is 46.8 Å². The summed E-state index contributed by atoms with van der Waals surface area (Å²) in [6.45, 7) is 4.04. The molecule has 1 aliphatic heterocycles. The van der Waals surface area contributed by atoms with E-state index >= 15 is 0 Å². The number of aryl methyl sites for hydroxylation is 1. The van der Waals surface area contributed by atoms with E-state index in [1.54, 1.807) is 18.3 Å². The number of nitrogens with zero attached hydrogens (tertiary/aromatic N) is 5. The highest BCUT2D eigenvalue weighted by Crippen LogP contribution is 2.65. The molecule has 1 aliphatic carbocycles. The van der Waals surface area contributed by atoms with Crippen LogP contribution in [-0.2, 0) is 5.41 Å². The van der Waals surface area contributed by atoms with E-state index in [9.17, 15) is 4.39 Å². The zero-order chi connectivity index (χ0) is 25.9. The summed E-state index contributed by atoms with van der Waals surface area (Å²) in [5.41, 5.74) is 14.9. The van der Waals surface area contributed by atoms with Gasteiger partial charge in [0.1, 0.15) is 17.3 Å². The molecule has 11 heteroatoms. The zero-order valence-corrected chi connectivity index (χ0v) is 21.8. The third kappa shape index (κ3) is 3.86. The Kier molecular flexibility index (Phi) is 5.85. The van der Waals surface area contributed by atoms with Crippen molar-refractivity contribution in [3.8, 4) is 0 Å². The van der Waals surface area contributed by atoms with Crippen LogP contribution < -0.4 is 16.4 Å². The van der Waals surface area contributed by atoms with E-state index in [1.807, 2.05) is 13.0 Å². The lowest BCUT2D eigenvalue weighted by Crippen LogP contribution is -2.32. The summed E-state index contributed by atoms with van der Waals surface area (Å²) in [5, 5.41) is 10.1. The predicted octanol–water partition coefficient (Wildman–Crippen LogP) is 4.32. The number of nitrogens with two attached hydrogens (primary N) is 2. The minimum atomic E-state index is -0.336. The van der Waals surface area contributed by atoms with Crippen LogP contribution >= 0.6 is 22.9 Å². The lowest BCUT2D eigenvalue weighted by molar-refractivity contribution is 0.526. The van der Waals surface area contributed by atoms with Gasteiger partial charge in [0.05, 0.1) is 38.4 Å². The first-order valence-electron chi connectivity index (χ1n) is 12.2. The number of piperidine rings is 1. The van der Waals surface area contributed by atoms with Crippen molar-refractivity contribution in [1.29, 1.82) is 5.41 Å². The average Bonchev–Trinajstić information content (AvgIpc) is 3.34. The third-order valence-corrected chi connectivity index (χ3v) is 9.32. The topological polar surface area (TPSA) is 131 Å². The van der Waals surface area contributed by atoms with Crippen LogP contribution in [0.25, 0.3) is 10.2 Å². The van der Waals surface area contributed by atoms with Crippen LogP contribution in [0.4, 0.5) is 16.0 Å². The van der Waals surface area contributed by atoms with Gasteiger partial charge in [-0.15, -0.1) is 11.3 Å². The van der Waals surface area contributed by atoms with Crippen LogP contribution in [0.15, 0.2) is 36.7 Å². The summed E-state index contributed by atoms with van der Waals surface area (Å²) < 4.78 is 14.4. The molecule has 1 aromatic carbocycles. The van der Waals surface area contributed by atoms with Gasteiger partial charge < -0.3 is 16.4 Å². The Morgan fingerprint density at radius 3 is 2.78 bits per heavy atom. The monoisotopic (exact) mass is 536 g/mol. The summed E-state index contributed by atoms with van der Waals surface area (Å²) in [6.07, 6.45) is 4.72. The molecule has 6 rings (SSSR count). The van der Waals surface area contributed by atoms with Gasteiger partial charge in [-0.25, -0.2) is 19.3 Å². The number of nitrogen functional groups attached to an aromatic ring is 1. The number of fused-ring (bicyclic) bond motifs is 2. The van der Waals surface area contributed by atoms with Gasteiger partial charge in [-0.05, 0) is 62.4 Å². The lowest BCUT2D eigenvalue weighted by Gasteiger charge is -2.27. The number of nitrogens with one attached hydrogen (secondary N) is 1. The lowest BCUT2D eigenvalue weighted by atomic mass is 9.92. The first-order valence-corrected chi connectivity index (χ1v) is 13.4. The smallest absolute Gasteiger partial charge is 0.154 e. The summed E-state index contributed by atoms with van der Waals surface area (Å²) in [7, 11) is 0. The number of halogens is 2. The van der Waals surface area contributed by atoms with E-state index in [0.29, 0.717) is 40.5 Å². The molecule has 0 amide bonds. The minimum Gasteiger partial charge on any atom is -0.382 e. The molecule has 0 spiro atoms. The Bertz CT molecular complexity index is 1520. The van der Waals surface area contributed by atoms with E-state index < -0.39 is 0 Å². The van der Waals surface area contributed by atoms with E-state index in [-0.39, 0.29) is 22.8 Å². The standard InChI is InChI=1S/C26H26ClFN8S/c1-13-34-18-4-3-15(21(27)24(18)37-13)22(30)23-25(31)35-20(11-33-23)36-9-6-16-17(12-36)26(16,7-8-29)19-5-2-14(28)10-32-19/h2-5,10-11,16-17,30H,6-9,12,29H2,1H3,(H2,31,35)/t16-,17?,26+/m1/s1. The summed E-state index contributed by atoms with van der Waals surface area (Å²) in [6, 6.07) is 6.90. The van der Waals surface area contributed by atoms with Gasteiger partial charge in [-0.2, -0.15) is 0 Å². The molecule has 4 aromatic rings. The maximum absolute atomic E-state index is 13.5. The van der Waals surface area contributed by atoms with Crippen LogP contribution in [0.1, 0.15) is 34.8 Å². The second-order valence-electron chi connectivity index (χ2n) is 9.73. The first kappa shape index (κ1) is 24.1. The van der Waals surface area contributed by atoms with Gasteiger partial charge in [0.2, 0.25) is 0 Å². The SMILES string of the molecule is Cc1nc2ccc(C(=N)c3ncc(N4CC[C@@H]5C(C4)[C@@]5(CCN)c4ccc(F)cn4)nc3N)c(Cl)c2s1. The molecule has 2 fully saturated rings. The molecule has 1 saturated heterocycles. The fourth-order valence-electron chi connectivity index (χ4n) is 6.08. The Morgan fingerprint density at radius 2 is 2.05 bits per heavy atom. The Balaban J connectivity index is 1.25. The number of hydrogen-bond donors (Lipinski definition) is 3. The summed E-state index contributed by atoms with van der Waals surface area (Å²) >= 11 is 8.13. The largest absolute Gasteiger partial charge is 0.382 e. The van der Waals surface area contributed by atoms with Crippen molar-refractivity contribution in [2.24, 2.45) is 17.6 Å². The van der Waals surface area contributed by atoms with Crippen LogP contribution in [-0.4, -0.2) is 45.3 Å². The van der Waals surface area contributed by atoms with Crippen molar-refractivity contribution in [2.75, 3.05) is 30.3 Å². The van der Waals surface area contributed by atoms with Gasteiger partial charge in [0, 0.05) is 29.8 Å². The van der Waals surface area contributed by atoms with Gasteiger partial charge in [0.15, 0.2) is 5.82 Å². The minimum absolute atomic E-state index is 0.125. The summed E-state index contributed by atoms with van der Waals surface area (Å²) in [5.74, 6) is 1.32. The fourth-order valence-corrected chi connectivity index (χ4v) is 7.31. The molecule has 3 atom stereocenters. The van der Waals surface area contributed by atoms with E-state index in [1.165, 1.54) is 23.6 Å². The number of pyridine rings is 1. The van der Waals surface area contributed by atoms with Crippen LogP contribution in [0.3, 0.4) is 0 Å². The third-order valence-electron chi connectivity index (χ3n) is 7.81. The molecule has 1 unspecified atom stereocenters. The molecule has 8 nitrogen and oxygen atoms in total. The van der Waals surface area contributed by atoms with E-state index in [2.05, 4.69) is 24.8 Å². The second kappa shape index (κ2) is 8.97. The molecule has 190 valence electrons. The average molecular weight is 537 g/mol. The molecule has 0 bridgehead atoms. The molecule has 5 N–H and O–H groups in total. The van der Waals surface area contributed by atoms with Crippen LogP contribution in [0.2, 0.25) is 5.02 Å². The number of thiazole rings is 1. The van der Waals surface area contributed by atoms with Gasteiger partial charge in [-0.3, -0.25) is 10.4 Å². The Labute approximate surface area is 222 Å². The second-order valence-corrected chi connectivity index (χ2v) is 11.3. The Morgan fingerprint density at radius 1 is 1.22 bits per heavy atom. The van der Waals surface area contributed by atoms with Gasteiger partial charge >= 0.3 is 0 Å². The molecule has 2 aliphatic rings. The predicted molar refractivity (Wildman–Crippen MR) is 145 cm³/mol. The summed E-state index contributed by atoms with van der Waals surface area (Å²) in [4.78, 5) is 20.2. The van der Waals surface area contributed by atoms with Gasteiger partial charge in [-0.1, -0.05) is 11.6 Å². The maximum atomic E-state index is 13.5. The highest BCUT2D eigenvalue weighted by molar-refractivity contribution is 7.19. The molecule has 3 aromatic heterocycles. The quantitative estimate of drug-likeness (QED) is 0.313. The van der Waals surface area contributed by atoms with Gasteiger partial charge in [0.25, 0.3) is 0 Å². The molecule has 0 radical (unpaired) electrons. The number of hydrogen-bond acceptors (Lipinski definition) is 9. The number of aromatic nitrogens is 4. The van der Waals surface area contributed by atoms with Crippen molar-refractivity contribution in [3.05, 3.63) is 69.5 Å². The number of rotatable bonds is 6. The van der Waals surface area contributed by atoms with Crippen molar-refractivity contribution in [3.63, 3.8) is 0 Å². The number of anilines is 2. The van der Waals surface area contributed by atoms with Crippen LogP contribution in [0, 0.1) is 30.0 Å². The van der Waals surface area contributed by atoms with Crippen molar-refractivity contribution >= 4 is 50.5 Å². The van der Waals surface area contributed by atoms with Crippen LogP contribution in [0.5, 0.6) is 0 Å². The molecular weight excluding hydrogens is 511 g/mol. The first-order chi connectivity index (χ1) is 17.8. The van der Waals surface area contributed by atoms with Crippen molar-refractivity contribution in [1.82, 2.24) is 19.9 Å². The van der Waals surface area contributed by atoms with Crippen molar-refractivity contribution < 1.29 is 4.39 Å². The molecule has 37 heavy (non-hydrogen) atoms. The van der Waals surface area contributed by atoms with Crippen molar-refractivity contribution in [2.45, 2.75) is 25.2 Å². The molecular formula is C26H26ClFN8S. The Hall–Kier alpha value is -3.21. The molecule has 1 saturated carbocycles. The highest BCUT2D eigenvalue weighted by Gasteiger charge is 2.66. The number of benzene rings is 1.